The zero-order chi connectivity index (χ0) is 11.0. The number of H-pyrrole nitrogens is 1. The number of hydrogen-bond acceptors (Lipinski definition) is 1. The summed E-state index contributed by atoms with van der Waals surface area (Å²) in [5.41, 5.74) is 0.445. The van der Waals surface area contributed by atoms with Crippen LogP contribution in [0.4, 0.5) is 8.78 Å². The van der Waals surface area contributed by atoms with Crippen LogP contribution >= 0.6 is 0 Å². The van der Waals surface area contributed by atoms with Crippen molar-refractivity contribution in [2.45, 2.75) is 0 Å². The minimum absolute atomic E-state index is 0.255. The fraction of sp³-hybridized carbons (Fsp3) is 0.100. The number of aryl methyl sites for hydroxylation is 1. The van der Waals surface area contributed by atoms with E-state index in [4.69, 9.17) is 0 Å². The van der Waals surface area contributed by atoms with Gasteiger partial charge in [0.15, 0.2) is 0 Å². The number of rotatable bonds is 1. The Morgan fingerprint density at radius 2 is 1.73 bits per heavy atom. The van der Waals surface area contributed by atoms with Crippen molar-refractivity contribution in [3.05, 3.63) is 46.3 Å². The fourth-order valence-electron chi connectivity index (χ4n) is 1.35. The van der Waals surface area contributed by atoms with Crippen molar-refractivity contribution in [2.24, 2.45) is 7.05 Å². The van der Waals surface area contributed by atoms with Crippen LogP contribution in [0.3, 0.4) is 0 Å². The van der Waals surface area contributed by atoms with E-state index in [0.717, 1.165) is 18.2 Å². The number of hydrogen-bond donors (Lipinski definition) is 1. The summed E-state index contributed by atoms with van der Waals surface area (Å²) < 4.78 is 27.0. The Balaban J connectivity index is 2.58. The van der Waals surface area contributed by atoms with Crippen LogP contribution < -0.4 is 5.56 Å². The number of nitrogens with zero attached hydrogens (tertiary/aromatic N) is 1. The third-order valence-corrected chi connectivity index (χ3v) is 2.06. The molecular formula is C10H8F2N2O. The molecule has 3 nitrogen and oxygen atoms in total. The number of benzene rings is 1. The van der Waals surface area contributed by atoms with Crippen molar-refractivity contribution < 1.29 is 8.78 Å². The van der Waals surface area contributed by atoms with Gasteiger partial charge in [-0.05, 0) is 12.1 Å². The smallest absolute Gasteiger partial charge is 0.266 e. The molecule has 0 aliphatic carbocycles. The Hall–Kier alpha value is -1.91. The second kappa shape index (κ2) is 3.34. The number of halogens is 2. The maximum atomic E-state index is 12.9. The van der Waals surface area contributed by atoms with Crippen LogP contribution in [0.25, 0.3) is 11.3 Å². The molecule has 0 unspecified atom stereocenters. The molecule has 2 aromatic rings. The van der Waals surface area contributed by atoms with E-state index in [0.29, 0.717) is 11.3 Å². The van der Waals surface area contributed by atoms with E-state index < -0.39 is 11.6 Å². The quantitative estimate of drug-likeness (QED) is 0.763. The Morgan fingerprint density at radius 3 is 2.20 bits per heavy atom. The third-order valence-electron chi connectivity index (χ3n) is 2.06. The summed E-state index contributed by atoms with van der Waals surface area (Å²) >= 11 is 0. The van der Waals surface area contributed by atoms with Gasteiger partial charge in [0, 0.05) is 24.7 Å². The van der Waals surface area contributed by atoms with E-state index in [1.165, 1.54) is 17.8 Å². The van der Waals surface area contributed by atoms with Crippen molar-refractivity contribution in [1.29, 1.82) is 0 Å². The molecule has 0 aliphatic rings. The molecule has 0 saturated carbocycles. The van der Waals surface area contributed by atoms with Crippen LogP contribution in [0.5, 0.6) is 0 Å². The molecule has 78 valence electrons. The summed E-state index contributed by atoms with van der Waals surface area (Å²) in [6.07, 6.45) is 0. The number of aromatic nitrogens is 2. The topological polar surface area (TPSA) is 37.8 Å². The number of aromatic amines is 1. The van der Waals surface area contributed by atoms with Crippen molar-refractivity contribution in [3.63, 3.8) is 0 Å². The lowest BCUT2D eigenvalue weighted by atomic mass is 10.1. The van der Waals surface area contributed by atoms with Crippen molar-refractivity contribution in [2.75, 3.05) is 0 Å². The zero-order valence-corrected chi connectivity index (χ0v) is 7.92. The van der Waals surface area contributed by atoms with Crippen molar-refractivity contribution in [1.82, 2.24) is 9.78 Å². The van der Waals surface area contributed by atoms with Gasteiger partial charge in [0.2, 0.25) is 0 Å². The first-order valence-electron chi connectivity index (χ1n) is 4.29. The van der Waals surface area contributed by atoms with Crippen molar-refractivity contribution >= 4 is 0 Å². The molecule has 0 radical (unpaired) electrons. The average Bonchev–Trinajstić information content (AvgIpc) is 2.45. The molecule has 15 heavy (non-hydrogen) atoms. The Kier molecular flexibility index (Phi) is 2.15. The minimum atomic E-state index is -0.672. The Labute approximate surface area is 84.0 Å². The molecule has 0 spiro atoms. The fourth-order valence-corrected chi connectivity index (χ4v) is 1.35. The maximum Gasteiger partial charge on any atom is 0.266 e. The van der Waals surface area contributed by atoms with E-state index in [-0.39, 0.29) is 5.56 Å². The third kappa shape index (κ3) is 1.81. The van der Waals surface area contributed by atoms with Crippen LogP contribution in [-0.2, 0) is 7.05 Å². The molecular weight excluding hydrogens is 202 g/mol. The lowest BCUT2D eigenvalue weighted by Crippen LogP contribution is -2.09. The second-order valence-electron chi connectivity index (χ2n) is 3.23. The molecule has 0 fully saturated rings. The van der Waals surface area contributed by atoms with E-state index in [1.807, 2.05) is 0 Å². The molecule has 5 heteroatoms. The van der Waals surface area contributed by atoms with Gasteiger partial charge in [-0.3, -0.25) is 14.6 Å². The van der Waals surface area contributed by atoms with Crippen LogP contribution in [0.1, 0.15) is 0 Å². The van der Waals surface area contributed by atoms with Crippen LogP contribution in [0.2, 0.25) is 0 Å². The van der Waals surface area contributed by atoms with Gasteiger partial charge in [0.25, 0.3) is 5.56 Å². The monoisotopic (exact) mass is 210 g/mol. The maximum absolute atomic E-state index is 12.9. The van der Waals surface area contributed by atoms with Crippen molar-refractivity contribution in [3.8, 4) is 11.3 Å². The Bertz CT molecular complexity index is 537. The molecule has 0 saturated heterocycles. The average molecular weight is 210 g/mol. The Morgan fingerprint density at radius 1 is 1.13 bits per heavy atom. The largest absolute Gasteiger partial charge is 0.295 e. The van der Waals surface area contributed by atoms with E-state index in [1.54, 1.807) is 0 Å². The minimum Gasteiger partial charge on any atom is -0.295 e. The van der Waals surface area contributed by atoms with Gasteiger partial charge in [-0.2, -0.15) is 0 Å². The lowest BCUT2D eigenvalue weighted by molar-refractivity contribution is 0.584. The molecule has 1 N–H and O–H groups in total. The van der Waals surface area contributed by atoms with Crippen LogP contribution in [0, 0.1) is 11.6 Å². The molecule has 1 heterocycles. The van der Waals surface area contributed by atoms with Gasteiger partial charge < -0.3 is 0 Å². The molecule has 0 aliphatic heterocycles. The highest BCUT2D eigenvalue weighted by atomic mass is 19.1. The number of nitrogens with one attached hydrogen (secondary N) is 1. The second-order valence-corrected chi connectivity index (χ2v) is 3.23. The lowest BCUT2D eigenvalue weighted by Gasteiger charge is -1.98. The molecule has 1 aromatic carbocycles. The predicted molar refractivity (Wildman–Crippen MR) is 51.4 cm³/mol. The summed E-state index contributed by atoms with van der Waals surface area (Å²) in [6.45, 7) is 0. The molecule has 0 amide bonds. The first-order valence-corrected chi connectivity index (χ1v) is 4.29. The van der Waals surface area contributed by atoms with Gasteiger partial charge >= 0.3 is 0 Å². The van der Waals surface area contributed by atoms with Gasteiger partial charge in [-0.25, -0.2) is 8.78 Å². The predicted octanol–water partition coefficient (Wildman–Crippen LogP) is 1.66. The van der Waals surface area contributed by atoms with Gasteiger partial charge in [-0.1, -0.05) is 0 Å². The van der Waals surface area contributed by atoms with E-state index in [2.05, 4.69) is 5.10 Å². The first kappa shape index (κ1) is 9.64. The van der Waals surface area contributed by atoms with E-state index in [9.17, 15) is 13.6 Å². The normalized spacial score (nSPS) is 10.6. The van der Waals surface area contributed by atoms with Gasteiger partial charge in [-0.15, -0.1) is 0 Å². The summed E-state index contributed by atoms with van der Waals surface area (Å²) in [5.74, 6) is -1.34. The summed E-state index contributed by atoms with van der Waals surface area (Å²) in [5, 5.41) is 2.69. The van der Waals surface area contributed by atoms with Gasteiger partial charge in [0.05, 0.1) is 5.69 Å². The summed E-state index contributed by atoms with van der Waals surface area (Å²) in [4.78, 5) is 11.1. The highest BCUT2D eigenvalue weighted by molar-refractivity contribution is 5.58. The van der Waals surface area contributed by atoms with Crippen LogP contribution in [0.15, 0.2) is 29.1 Å². The SMILES string of the molecule is Cn1[nH]c(-c2cc(F)cc(F)c2)cc1=O. The molecule has 0 bridgehead atoms. The standard InChI is InChI=1S/C10H8F2N2O/c1-14-10(15)5-9(13-14)6-2-7(11)4-8(12)3-6/h2-5,13H,1H3. The summed E-state index contributed by atoms with van der Waals surface area (Å²) in [6, 6.07) is 4.39. The molecule has 0 atom stereocenters. The van der Waals surface area contributed by atoms with E-state index >= 15 is 0 Å². The first-order chi connectivity index (χ1) is 7.06. The van der Waals surface area contributed by atoms with Gasteiger partial charge in [0.1, 0.15) is 11.6 Å². The highest BCUT2D eigenvalue weighted by Crippen LogP contribution is 2.18. The molecule has 1 aromatic heterocycles. The highest BCUT2D eigenvalue weighted by Gasteiger charge is 2.06. The summed E-state index contributed by atoms with van der Waals surface area (Å²) in [7, 11) is 1.53. The molecule has 2 rings (SSSR count). The zero-order valence-electron chi connectivity index (χ0n) is 7.92. The van der Waals surface area contributed by atoms with Crippen LogP contribution in [-0.4, -0.2) is 9.78 Å².